The van der Waals surface area contributed by atoms with Gasteiger partial charge in [0, 0.05) is 13.1 Å². The lowest BCUT2D eigenvalue weighted by Gasteiger charge is -2.27. The summed E-state index contributed by atoms with van der Waals surface area (Å²) in [5.74, 6) is 0. The van der Waals surface area contributed by atoms with Crippen molar-refractivity contribution < 1.29 is 0 Å². The highest BCUT2D eigenvalue weighted by atomic mass is 35.5. The fourth-order valence-electron chi connectivity index (χ4n) is 2.99. The molecule has 4 heteroatoms. The molecule has 0 aliphatic heterocycles. The number of rotatable bonds is 5. The molecule has 2 rings (SSSR count). The average molecular weight is 301 g/mol. The van der Waals surface area contributed by atoms with Crippen molar-refractivity contribution >= 4 is 28.9 Å². The summed E-state index contributed by atoms with van der Waals surface area (Å²) in [7, 11) is 0. The van der Waals surface area contributed by atoms with Crippen LogP contribution in [0.3, 0.4) is 0 Å². The van der Waals surface area contributed by atoms with Crippen LogP contribution in [0.1, 0.15) is 44.6 Å². The van der Waals surface area contributed by atoms with Crippen molar-refractivity contribution in [3.8, 4) is 0 Å². The highest BCUT2D eigenvalue weighted by Gasteiger charge is 2.31. The Labute approximate surface area is 125 Å². The number of hydrogen-bond donors (Lipinski definition) is 2. The van der Waals surface area contributed by atoms with E-state index >= 15 is 0 Å². The van der Waals surface area contributed by atoms with Crippen molar-refractivity contribution in [3.05, 3.63) is 27.7 Å². The van der Waals surface area contributed by atoms with Crippen LogP contribution in [0.2, 0.25) is 10.0 Å². The van der Waals surface area contributed by atoms with E-state index in [0.717, 1.165) is 18.7 Å². The maximum Gasteiger partial charge on any atom is 0.0693 e. The van der Waals surface area contributed by atoms with Gasteiger partial charge in [-0.1, -0.05) is 43.0 Å². The van der Waals surface area contributed by atoms with Gasteiger partial charge in [-0.05, 0) is 42.4 Å². The van der Waals surface area contributed by atoms with E-state index in [2.05, 4.69) is 12.2 Å². The Kier molecular flexibility index (Phi) is 4.99. The quantitative estimate of drug-likeness (QED) is 0.778. The smallest absolute Gasteiger partial charge is 0.0693 e. The number of benzene rings is 1. The lowest BCUT2D eigenvalue weighted by Crippen LogP contribution is -2.31. The number of halogens is 2. The molecule has 0 radical (unpaired) electrons. The third-order valence-electron chi connectivity index (χ3n) is 4.38. The molecule has 0 bridgehead atoms. The van der Waals surface area contributed by atoms with Gasteiger partial charge < -0.3 is 11.1 Å². The van der Waals surface area contributed by atoms with E-state index in [9.17, 15) is 0 Å². The van der Waals surface area contributed by atoms with E-state index in [4.69, 9.17) is 28.9 Å². The van der Waals surface area contributed by atoms with Crippen molar-refractivity contribution in [3.63, 3.8) is 0 Å². The van der Waals surface area contributed by atoms with Crippen molar-refractivity contribution in [2.24, 2.45) is 5.41 Å². The summed E-state index contributed by atoms with van der Waals surface area (Å²) in [6.07, 6.45) is 6.69. The highest BCUT2D eigenvalue weighted by Crippen LogP contribution is 2.40. The van der Waals surface area contributed by atoms with Crippen LogP contribution in [0.4, 0.5) is 5.69 Å². The van der Waals surface area contributed by atoms with Crippen LogP contribution in [-0.2, 0) is 6.54 Å². The van der Waals surface area contributed by atoms with Gasteiger partial charge in [0.15, 0.2) is 0 Å². The fourth-order valence-corrected chi connectivity index (χ4v) is 3.52. The first kappa shape index (κ1) is 15.0. The van der Waals surface area contributed by atoms with Gasteiger partial charge in [-0.25, -0.2) is 0 Å². The number of nitrogens with two attached hydrogens (primary N) is 1. The molecule has 3 N–H and O–H groups in total. The van der Waals surface area contributed by atoms with Crippen LogP contribution in [0.25, 0.3) is 0 Å². The topological polar surface area (TPSA) is 38.0 Å². The third-order valence-corrected chi connectivity index (χ3v) is 5.01. The van der Waals surface area contributed by atoms with Crippen LogP contribution >= 0.6 is 23.2 Å². The summed E-state index contributed by atoms with van der Waals surface area (Å²) in [5.41, 5.74) is 7.80. The molecule has 0 amide bonds. The lowest BCUT2D eigenvalue weighted by atomic mass is 9.83. The molecule has 2 nitrogen and oxygen atoms in total. The van der Waals surface area contributed by atoms with Crippen LogP contribution < -0.4 is 11.1 Å². The van der Waals surface area contributed by atoms with Crippen LogP contribution in [0, 0.1) is 5.41 Å². The molecule has 0 atom stereocenters. The number of hydrogen-bond acceptors (Lipinski definition) is 2. The van der Waals surface area contributed by atoms with Gasteiger partial charge in [0.25, 0.3) is 0 Å². The summed E-state index contributed by atoms with van der Waals surface area (Å²) >= 11 is 12.1. The molecule has 0 saturated heterocycles. The van der Waals surface area contributed by atoms with E-state index in [1.807, 2.05) is 12.1 Å². The second kappa shape index (κ2) is 6.34. The molecular formula is C15H22Cl2N2. The minimum Gasteiger partial charge on any atom is -0.396 e. The molecule has 106 valence electrons. The summed E-state index contributed by atoms with van der Waals surface area (Å²) in [4.78, 5) is 0. The molecule has 0 unspecified atom stereocenters. The zero-order valence-electron chi connectivity index (χ0n) is 11.4. The largest absolute Gasteiger partial charge is 0.396 e. The van der Waals surface area contributed by atoms with Gasteiger partial charge in [0.05, 0.1) is 15.7 Å². The first-order chi connectivity index (χ1) is 9.06. The monoisotopic (exact) mass is 300 g/mol. The van der Waals surface area contributed by atoms with E-state index < -0.39 is 0 Å². The Hall–Kier alpha value is -0.440. The maximum atomic E-state index is 6.04. The first-order valence-electron chi connectivity index (χ1n) is 7.00. The minimum atomic E-state index is 0.466. The molecule has 0 spiro atoms. The summed E-state index contributed by atoms with van der Waals surface area (Å²) in [6, 6.07) is 3.78. The number of nitrogens with one attached hydrogen (secondary N) is 1. The number of anilines is 1. The van der Waals surface area contributed by atoms with Crippen LogP contribution in [0.15, 0.2) is 12.1 Å². The van der Waals surface area contributed by atoms with Crippen molar-refractivity contribution in [1.82, 2.24) is 5.32 Å². The zero-order valence-corrected chi connectivity index (χ0v) is 12.9. The Balaban J connectivity index is 1.92. The molecule has 1 aliphatic carbocycles. The molecular weight excluding hydrogens is 279 g/mol. The van der Waals surface area contributed by atoms with E-state index in [1.54, 1.807) is 0 Å². The molecule has 0 heterocycles. The standard InChI is InChI=1S/C15H22Cl2N2/c1-2-15(5-3-4-6-15)10-19-9-11-7-12(16)14(18)13(17)8-11/h7-8,19H,2-6,9-10,18H2,1H3. The van der Waals surface area contributed by atoms with E-state index in [0.29, 0.717) is 21.1 Å². The second-order valence-electron chi connectivity index (χ2n) is 5.64. The molecule has 1 fully saturated rings. The zero-order chi connectivity index (χ0) is 13.9. The van der Waals surface area contributed by atoms with Crippen LogP contribution in [-0.4, -0.2) is 6.54 Å². The van der Waals surface area contributed by atoms with Crippen LogP contribution in [0.5, 0.6) is 0 Å². The predicted octanol–water partition coefficient (Wildman–Crippen LogP) is 4.64. The van der Waals surface area contributed by atoms with E-state index in [-0.39, 0.29) is 0 Å². The molecule has 1 aliphatic rings. The average Bonchev–Trinajstić information content (AvgIpc) is 2.85. The van der Waals surface area contributed by atoms with E-state index in [1.165, 1.54) is 32.1 Å². The van der Waals surface area contributed by atoms with Crippen molar-refractivity contribution in [2.45, 2.75) is 45.6 Å². The van der Waals surface area contributed by atoms with Gasteiger partial charge in [0.2, 0.25) is 0 Å². The third kappa shape index (κ3) is 3.56. The SMILES string of the molecule is CCC1(CNCc2cc(Cl)c(N)c(Cl)c2)CCCC1. The van der Waals surface area contributed by atoms with Gasteiger partial charge in [0.1, 0.15) is 0 Å². The highest BCUT2D eigenvalue weighted by molar-refractivity contribution is 6.38. The summed E-state index contributed by atoms with van der Waals surface area (Å²) in [6.45, 7) is 4.16. The first-order valence-corrected chi connectivity index (χ1v) is 7.76. The number of nitrogen functional groups attached to an aromatic ring is 1. The van der Waals surface area contributed by atoms with Gasteiger partial charge >= 0.3 is 0 Å². The second-order valence-corrected chi connectivity index (χ2v) is 6.45. The predicted molar refractivity (Wildman–Crippen MR) is 83.8 cm³/mol. The van der Waals surface area contributed by atoms with Crippen molar-refractivity contribution in [1.29, 1.82) is 0 Å². The Morgan fingerprint density at radius 3 is 2.32 bits per heavy atom. The summed E-state index contributed by atoms with van der Waals surface area (Å²) < 4.78 is 0. The lowest BCUT2D eigenvalue weighted by molar-refractivity contribution is 0.268. The van der Waals surface area contributed by atoms with Gasteiger partial charge in [-0.2, -0.15) is 0 Å². The Morgan fingerprint density at radius 2 is 1.79 bits per heavy atom. The molecule has 1 aromatic carbocycles. The summed E-state index contributed by atoms with van der Waals surface area (Å²) in [5, 5.41) is 4.63. The van der Waals surface area contributed by atoms with Gasteiger partial charge in [-0.15, -0.1) is 0 Å². The molecule has 1 aromatic rings. The molecule has 19 heavy (non-hydrogen) atoms. The normalized spacial score (nSPS) is 17.8. The maximum absolute atomic E-state index is 6.04. The van der Waals surface area contributed by atoms with Gasteiger partial charge in [-0.3, -0.25) is 0 Å². The molecule has 0 aromatic heterocycles. The Morgan fingerprint density at radius 1 is 1.21 bits per heavy atom. The van der Waals surface area contributed by atoms with Crippen molar-refractivity contribution in [2.75, 3.05) is 12.3 Å². The molecule has 1 saturated carbocycles. The fraction of sp³-hybridized carbons (Fsp3) is 0.600. The minimum absolute atomic E-state index is 0.466. The Bertz CT molecular complexity index is 417.